The maximum absolute atomic E-state index is 12.2. The van der Waals surface area contributed by atoms with Crippen molar-refractivity contribution in [1.29, 1.82) is 0 Å². The Morgan fingerprint density at radius 3 is 2.57 bits per heavy atom. The fourth-order valence-corrected chi connectivity index (χ4v) is 3.00. The predicted molar refractivity (Wildman–Crippen MR) is 73.9 cm³/mol. The summed E-state index contributed by atoms with van der Waals surface area (Å²) in [6.45, 7) is 1.64. The minimum absolute atomic E-state index is 0.114. The van der Waals surface area contributed by atoms with Crippen molar-refractivity contribution in [1.82, 2.24) is 20.4 Å². The second-order valence-electron chi connectivity index (χ2n) is 4.29. The van der Waals surface area contributed by atoms with Gasteiger partial charge in [0.15, 0.2) is 0 Å². The van der Waals surface area contributed by atoms with Crippen LogP contribution in [0.3, 0.4) is 0 Å². The number of nitrogens with one attached hydrogen (secondary N) is 2. The van der Waals surface area contributed by atoms with Gasteiger partial charge in [-0.15, -0.1) is 10.2 Å². The number of sulfonamides is 1. The fraction of sp³-hybridized carbons (Fsp3) is 0.0833. The van der Waals surface area contributed by atoms with Crippen LogP contribution in [0, 0.1) is 6.92 Å². The molecule has 8 nitrogen and oxygen atoms in total. The van der Waals surface area contributed by atoms with Crippen molar-refractivity contribution in [3.8, 4) is 11.5 Å². The minimum Gasteiger partial charge on any atom is -0.423 e. The third-order valence-corrected chi connectivity index (χ3v) is 4.31. The van der Waals surface area contributed by atoms with E-state index in [9.17, 15) is 8.42 Å². The van der Waals surface area contributed by atoms with Crippen LogP contribution >= 0.6 is 0 Å². The number of nitrogens with zero attached hydrogens (tertiary/aromatic N) is 3. The van der Waals surface area contributed by atoms with E-state index in [2.05, 4.69) is 25.1 Å². The summed E-state index contributed by atoms with van der Waals surface area (Å²) in [5.41, 5.74) is 1.61. The standard InChI is InChI=1S/C12H11N5O3S/c1-8-11(6-13-15-8)21(18,19)17-10-4-2-9(3-5-10)12-16-14-7-20-12/h2-7,17H,1H3,(H,13,15). The molecule has 0 atom stereocenters. The van der Waals surface area contributed by atoms with Gasteiger partial charge in [-0.3, -0.25) is 9.82 Å². The monoisotopic (exact) mass is 305 g/mol. The van der Waals surface area contributed by atoms with Crippen molar-refractivity contribution < 1.29 is 12.8 Å². The Hall–Kier alpha value is -2.68. The zero-order valence-corrected chi connectivity index (χ0v) is 11.8. The van der Waals surface area contributed by atoms with Crippen molar-refractivity contribution in [3.63, 3.8) is 0 Å². The summed E-state index contributed by atoms with van der Waals surface area (Å²) in [6.07, 6.45) is 2.50. The molecule has 21 heavy (non-hydrogen) atoms. The first kappa shape index (κ1) is 13.3. The van der Waals surface area contributed by atoms with Crippen LogP contribution in [-0.4, -0.2) is 28.8 Å². The zero-order valence-electron chi connectivity index (χ0n) is 10.9. The maximum atomic E-state index is 12.2. The summed E-state index contributed by atoms with van der Waals surface area (Å²) in [5.74, 6) is 0.370. The Bertz CT molecular complexity index is 837. The predicted octanol–water partition coefficient (Wildman–Crippen LogP) is 1.57. The number of hydrogen-bond donors (Lipinski definition) is 2. The first-order valence-electron chi connectivity index (χ1n) is 5.96. The van der Waals surface area contributed by atoms with Gasteiger partial charge in [0.25, 0.3) is 10.0 Å². The second-order valence-corrected chi connectivity index (χ2v) is 5.94. The number of aromatic nitrogens is 4. The molecular formula is C12H11N5O3S. The number of hydrogen-bond acceptors (Lipinski definition) is 6. The Morgan fingerprint density at radius 1 is 1.24 bits per heavy atom. The molecule has 9 heteroatoms. The van der Waals surface area contributed by atoms with Gasteiger partial charge in [0.2, 0.25) is 12.3 Å². The zero-order chi connectivity index (χ0) is 14.9. The Kier molecular flexibility index (Phi) is 3.18. The molecule has 3 rings (SSSR count). The lowest BCUT2D eigenvalue weighted by Gasteiger charge is -2.07. The first-order chi connectivity index (χ1) is 10.1. The molecule has 0 spiro atoms. The van der Waals surface area contributed by atoms with Gasteiger partial charge < -0.3 is 4.42 Å². The normalized spacial score (nSPS) is 11.5. The molecule has 0 radical (unpaired) electrons. The summed E-state index contributed by atoms with van der Waals surface area (Å²) >= 11 is 0. The van der Waals surface area contributed by atoms with Crippen LogP contribution in [0.25, 0.3) is 11.5 Å². The van der Waals surface area contributed by atoms with E-state index in [0.717, 1.165) is 0 Å². The fourth-order valence-electron chi connectivity index (χ4n) is 1.80. The second kappa shape index (κ2) is 5.02. The highest BCUT2D eigenvalue weighted by Gasteiger charge is 2.18. The molecule has 3 aromatic rings. The van der Waals surface area contributed by atoms with E-state index in [4.69, 9.17) is 4.42 Å². The number of H-pyrrole nitrogens is 1. The number of aromatic amines is 1. The van der Waals surface area contributed by atoms with E-state index in [1.165, 1.54) is 12.6 Å². The average Bonchev–Trinajstić information content (AvgIpc) is 3.10. The van der Waals surface area contributed by atoms with Crippen molar-refractivity contribution >= 4 is 15.7 Å². The van der Waals surface area contributed by atoms with Crippen LogP contribution < -0.4 is 4.72 Å². The van der Waals surface area contributed by atoms with Crippen molar-refractivity contribution in [2.24, 2.45) is 0 Å². The topological polar surface area (TPSA) is 114 Å². The Labute approximate surface area is 120 Å². The number of benzene rings is 1. The lowest BCUT2D eigenvalue weighted by molar-refractivity contribution is 0.568. The van der Waals surface area contributed by atoms with Gasteiger partial charge in [0.05, 0.1) is 11.9 Å². The smallest absolute Gasteiger partial charge is 0.265 e. The molecule has 0 aliphatic carbocycles. The molecule has 0 amide bonds. The van der Waals surface area contributed by atoms with Crippen LogP contribution in [0.1, 0.15) is 5.69 Å². The number of anilines is 1. The highest BCUT2D eigenvalue weighted by Crippen LogP contribution is 2.21. The van der Waals surface area contributed by atoms with E-state index in [0.29, 0.717) is 22.8 Å². The van der Waals surface area contributed by atoms with Crippen LogP contribution in [0.15, 0.2) is 46.2 Å². The minimum atomic E-state index is -3.66. The van der Waals surface area contributed by atoms with E-state index in [1.54, 1.807) is 31.2 Å². The van der Waals surface area contributed by atoms with Gasteiger partial charge >= 0.3 is 0 Å². The molecule has 2 heterocycles. The molecular weight excluding hydrogens is 294 g/mol. The van der Waals surface area contributed by atoms with Crippen LogP contribution in [0.2, 0.25) is 0 Å². The molecule has 1 aromatic carbocycles. The van der Waals surface area contributed by atoms with Gasteiger partial charge in [-0.1, -0.05) is 0 Å². The van der Waals surface area contributed by atoms with E-state index in [1.807, 2.05) is 0 Å². The average molecular weight is 305 g/mol. The van der Waals surface area contributed by atoms with Crippen LogP contribution in [-0.2, 0) is 10.0 Å². The third-order valence-electron chi connectivity index (χ3n) is 2.82. The molecule has 0 bridgehead atoms. The Morgan fingerprint density at radius 2 is 2.00 bits per heavy atom. The molecule has 2 aromatic heterocycles. The van der Waals surface area contributed by atoms with E-state index < -0.39 is 10.0 Å². The summed E-state index contributed by atoms with van der Waals surface area (Å²) in [5, 5.41) is 13.7. The summed E-state index contributed by atoms with van der Waals surface area (Å²) in [4.78, 5) is 0.114. The van der Waals surface area contributed by atoms with Gasteiger partial charge in [-0.05, 0) is 31.2 Å². The largest absolute Gasteiger partial charge is 0.423 e. The lowest BCUT2D eigenvalue weighted by atomic mass is 10.2. The number of rotatable bonds is 4. The molecule has 0 aliphatic heterocycles. The highest BCUT2D eigenvalue weighted by atomic mass is 32.2. The highest BCUT2D eigenvalue weighted by molar-refractivity contribution is 7.92. The van der Waals surface area contributed by atoms with Gasteiger partial charge in [0.1, 0.15) is 4.90 Å². The Balaban J connectivity index is 1.84. The summed E-state index contributed by atoms with van der Waals surface area (Å²) in [6, 6.07) is 6.61. The molecule has 0 aliphatic rings. The lowest BCUT2D eigenvalue weighted by Crippen LogP contribution is -2.13. The number of aryl methyl sites for hydroxylation is 1. The van der Waals surface area contributed by atoms with Gasteiger partial charge in [-0.25, -0.2) is 8.42 Å². The molecule has 108 valence electrons. The molecule has 0 saturated heterocycles. The van der Waals surface area contributed by atoms with Crippen molar-refractivity contribution in [3.05, 3.63) is 42.5 Å². The molecule has 2 N–H and O–H groups in total. The van der Waals surface area contributed by atoms with E-state index in [-0.39, 0.29) is 4.90 Å². The van der Waals surface area contributed by atoms with Crippen molar-refractivity contribution in [2.45, 2.75) is 11.8 Å². The quantitative estimate of drug-likeness (QED) is 0.756. The molecule has 0 fully saturated rings. The van der Waals surface area contributed by atoms with E-state index >= 15 is 0 Å². The third kappa shape index (κ3) is 2.63. The van der Waals surface area contributed by atoms with Crippen LogP contribution in [0.5, 0.6) is 0 Å². The molecule has 0 saturated carbocycles. The SMILES string of the molecule is Cc1[nH]ncc1S(=O)(=O)Nc1ccc(-c2nnco2)cc1. The van der Waals surface area contributed by atoms with Crippen LogP contribution in [0.4, 0.5) is 5.69 Å². The van der Waals surface area contributed by atoms with Gasteiger partial charge in [0, 0.05) is 11.3 Å². The maximum Gasteiger partial charge on any atom is 0.265 e. The molecule has 0 unspecified atom stereocenters. The first-order valence-corrected chi connectivity index (χ1v) is 7.44. The van der Waals surface area contributed by atoms with Gasteiger partial charge in [-0.2, -0.15) is 5.10 Å². The van der Waals surface area contributed by atoms with Crippen molar-refractivity contribution in [2.75, 3.05) is 4.72 Å². The summed E-state index contributed by atoms with van der Waals surface area (Å²) < 4.78 is 31.9. The summed E-state index contributed by atoms with van der Waals surface area (Å²) in [7, 11) is -3.66.